The van der Waals surface area contributed by atoms with Crippen LogP contribution in [-0.2, 0) is 11.2 Å². The average Bonchev–Trinajstić information content (AvgIpc) is 2.84. The van der Waals surface area contributed by atoms with E-state index in [0.29, 0.717) is 12.3 Å². The van der Waals surface area contributed by atoms with Crippen molar-refractivity contribution in [2.75, 3.05) is 13.1 Å². The van der Waals surface area contributed by atoms with Gasteiger partial charge in [0.25, 0.3) is 0 Å². The minimum atomic E-state index is -0.661. The highest BCUT2D eigenvalue weighted by atomic mass is 16.2. The highest BCUT2D eigenvalue weighted by molar-refractivity contribution is 5.87. The lowest BCUT2D eigenvalue weighted by atomic mass is 10.0. The molecule has 0 radical (unpaired) electrons. The lowest BCUT2D eigenvalue weighted by Crippen LogP contribution is -2.50. The summed E-state index contributed by atoms with van der Waals surface area (Å²) in [7, 11) is 0. The number of amides is 3. The zero-order valence-corrected chi connectivity index (χ0v) is 11.7. The summed E-state index contributed by atoms with van der Waals surface area (Å²) in [6, 6.07) is 8.39. The van der Waals surface area contributed by atoms with E-state index in [9.17, 15) is 9.59 Å². The molecule has 1 fully saturated rings. The molecule has 3 amide bonds. The van der Waals surface area contributed by atoms with Crippen LogP contribution in [0.5, 0.6) is 0 Å². The van der Waals surface area contributed by atoms with Crippen molar-refractivity contribution in [3.63, 3.8) is 0 Å². The number of carbonyl (C=O) groups excluding carboxylic acids is 2. The fraction of sp³-hybridized carbons (Fsp3) is 0.467. The van der Waals surface area contributed by atoms with Gasteiger partial charge in [-0.05, 0) is 17.9 Å². The number of rotatable bonds is 4. The van der Waals surface area contributed by atoms with Crippen molar-refractivity contribution in [1.29, 1.82) is 0 Å². The van der Waals surface area contributed by atoms with Gasteiger partial charge in [0.2, 0.25) is 5.91 Å². The van der Waals surface area contributed by atoms with Crippen LogP contribution in [0.15, 0.2) is 30.3 Å². The second-order valence-corrected chi connectivity index (χ2v) is 5.43. The minimum Gasteiger partial charge on any atom is -0.352 e. The highest BCUT2D eigenvalue weighted by Crippen LogP contribution is 2.17. The average molecular weight is 275 g/mol. The van der Waals surface area contributed by atoms with Gasteiger partial charge in [0.1, 0.15) is 6.04 Å². The fourth-order valence-electron chi connectivity index (χ4n) is 2.58. The van der Waals surface area contributed by atoms with Crippen LogP contribution in [-0.4, -0.2) is 36.0 Å². The highest BCUT2D eigenvalue weighted by Gasteiger charge is 2.29. The van der Waals surface area contributed by atoms with E-state index in [4.69, 9.17) is 5.73 Å². The maximum Gasteiger partial charge on any atom is 0.312 e. The molecule has 1 saturated heterocycles. The van der Waals surface area contributed by atoms with Crippen LogP contribution >= 0.6 is 0 Å². The molecule has 0 aromatic heterocycles. The standard InChI is InChI=1S/C15H21N3O2/c1-11-7-8-18(10-11)14(19)13(17-15(16)20)9-12-5-3-2-4-6-12/h2-6,11,13H,7-10H2,1H3,(H3,16,17,20). The van der Waals surface area contributed by atoms with Gasteiger partial charge in [0.15, 0.2) is 0 Å². The number of carbonyl (C=O) groups is 2. The predicted octanol–water partition coefficient (Wildman–Crippen LogP) is 1.13. The zero-order chi connectivity index (χ0) is 14.5. The van der Waals surface area contributed by atoms with E-state index in [-0.39, 0.29) is 5.91 Å². The maximum atomic E-state index is 12.5. The molecule has 108 valence electrons. The van der Waals surface area contributed by atoms with Crippen molar-refractivity contribution in [2.45, 2.75) is 25.8 Å². The number of hydrogen-bond donors (Lipinski definition) is 2. The monoisotopic (exact) mass is 275 g/mol. The van der Waals surface area contributed by atoms with Crippen molar-refractivity contribution in [1.82, 2.24) is 10.2 Å². The number of likely N-dealkylation sites (tertiary alicyclic amines) is 1. The van der Waals surface area contributed by atoms with Crippen LogP contribution in [0, 0.1) is 5.92 Å². The molecule has 5 heteroatoms. The minimum absolute atomic E-state index is 0.0444. The van der Waals surface area contributed by atoms with Gasteiger partial charge in [-0.3, -0.25) is 4.79 Å². The molecule has 1 heterocycles. The molecule has 1 aliphatic rings. The molecule has 2 rings (SSSR count). The van der Waals surface area contributed by atoms with Gasteiger partial charge >= 0.3 is 6.03 Å². The Kier molecular flexibility index (Phi) is 4.61. The van der Waals surface area contributed by atoms with Crippen molar-refractivity contribution in [3.05, 3.63) is 35.9 Å². The summed E-state index contributed by atoms with van der Waals surface area (Å²) in [6.45, 7) is 3.64. The van der Waals surface area contributed by atoms with E-state index < -0.39 is 12.1 Å². The van der Waals surface area contributed by atoms with Crippen molar-refractivity contribution >= 4 is 11.9 Å². The van der Waals surface area contributed by atoms with Gasteiger partial charge in [0.05, 0.1) is 0 Å². The number of primary amides is 1. The molecule has 0 bridgehead atoms. The Bertz CT molecular complexity index is 475. The molecule has 20 heavy (non-hydrogen) atoms. The summed E-state index contributed by atoms with van der Waals surface area (Å²) >= 11 is 0. The summed E-state index contributed by atoms with van der Waals surface area (Å²) in [5.41, 5.74) is 6.20. The number of urea groups is 1. The molecule has 3 N–H and O–H groups in total. The Morgan fingerprint density at radius 1 is 1.40 bits per heavy atom. The molecular weight excluding hydrogens is 254 g/mol. The lowest BCUT2D eigenvalue weighted by molar-refractivity contribution is -0.132. The zero-order valence-electron chi connectivity index (χ0n) is 11.7. The third kappa shape index (κ3) is 3.73. The van der Waals surface area contributed by atoms with Gasteiger partial charge in [-0.15, -0.1) is 0 Å². The first-order valence-electron chi connectivity index (χ1n) is 6.95. The van der Waals surface area contributed by atoms with Gasteiger partial charge < -0.3 is 16.0 Å². The third-order valence-corrected chi connectivity index (χ3v) is 3.63. The van der Waals surface area contributed by atoms with Crippen LogP contribution in [0.3, 0.4) is 0 Å². The number of nitrogens with zero attached hydrogens (tertiary/aromatic N) is 1. The Morgan fingerprint density at radius 2 is 2.10 bits per heavy atom. The van der Waals surface area contributed by atoms with Gasteiger partial charge in [-0.2, -0.15) is 0 Å². The second kappa shape index (κ2) is 6.41. The molecule has 5 nitrogen and oxygen atoms in total. The van der Waals surface area contributed by atoms with E-state index in [1.54, 1.807) is 0 Å². The topological polar surface area (TPSA) is 75.4 Å². The molecule has 1 aliphatic heterocycles. The van der Waals surface area contributed by atoms with Crippen molar-refractivity contribution < 1.29 is 9.59 Å². The molecule has 1 aromatic rings. The summed E-state index contributed by atoms with van der Waals surface area (Å²) in [4.78, 5) is 25.4. The number of hydrogen-bond acceptors (Lipinski definition) is 2. The van der Waals surface area contributed by atoms with Gasteiger partial charge in [-0.25, -0.2) is 4.79 Å². The molecule has 2 unspecified atom stereocenters. The summed E-state index contributed by atoms with van der Waals surface area (Å²) in [5.74, 6) is 0.474. The van der Waals surface area contributed by atoms with Crippen LogP contribution in [0.25, 0.3) is 0 Å². The first-order chi connectivity index (χ1) is 9.56. The third-order valence-electron chi connectivity index (χ3n) is 3.63. The predicted molar refractivity (Wildman–Crippen MR) is 77.0 cm³/mol. The lowest BCUT2D eigenvalue weighted by Gasteiger charge is -2.23. The first kappa shape index (κ1) is 14.4. The summed E-state index contributed by atoms with van der Waals surface area (Å²) < 4.78 is 0. The molecular formula is C15H21N3O2. The van der Waals surface area contributed by atoms with Crippen LogP contribution < -0.4 is 11.1 Å². The number of benzene rings is 1. The summed E-state index contributed by atoms with van der Waals surface area (Å²) in [5, 5.41) is 2.57. The molecule has 2 atom stereocenters. The molecule has 0 aliphatic carbocycles. The van der Waals surface area contributed by atoms with Crippen LogP contribution in [0.1, 0.15) is 18.9 Å². The quantitative estimate of drug-likeness (QED) is 0.864. The van der Waals surface area contributed by atoms with Crippen molar-refractivity contribution in [2.24, 2.45) is 11.7 Å². The van der Waals surface area contributed by atoms with Gasteiger partial charge in [-0.1, -0.05) is 37.3 Å². The van der Waals surface area contributed by atoms with E-state index in [1.165, 1.54) is 0 Å². The van der Waals surface area contributed by atoms with E-state index in [1.807, 2.05) is 35.2 Å². The van der Waals surface area contributed by atoms with E-state index in [0.717, 1.165) is 25.1 Å². The largest absolute Gasteiger partial charge is 0.352 e. The van der Waals surface area contributed by atoms with Crippen molar-refractivity contribution in [3.8, 4) is 0 Å². The van der Waals surface area contributed by atoms with E-state index >= 15 is 0 Å². The Balaban J connectivity index is 2.06. The van der Waals surface area contributed by atoms with Crippen LogP contribution in [0.4, 0.5) is 4.79 Å². The van der Waals surface area contributed by atoms with Gasteiger partial charge in [0, 0.05) is 19.5 Å². The first-order valence-corrected chi connectivity index (χ1v) is 6.95. The number of nitrogens with one attached hydrogen (secondary N) is 1. The molecule has 0 spiro atoms. The Hall–Kier alpha value is -2.04. The Labute approximate surface area is 119 Å². The number of nitrogens with two attached hydrogens (primary N) is 1. The smallest absolute Gasteiger partial charge is 0.312 e. The van der Waals surface area contributed by atoms with Crippen LogP contribution in [0.2, 0.25) is 0 Å². The molecule has 0 saturated carbocycles. The fourth-order valence-corrected chi connectivity index (χ4v) is 2.58. The second-order valence-electron chi connectivity index (χ2n) is 5.43. The maximum absolute atomic E-state index is 12.5. The molecule has 1 aromatic carbocycles. The summed E-state index contributed by atoms with van der Waals surface area (Å²) in [6.07, 6.45) is 1.48. The Morgan fingerprint density at radius 3 is 2.65 bits per heavy atom. The SMILES string of the molecule is CC1CCN(C(=O)C(Cc2ccccc2)NC(N)=O)C1. The van der Waals surface area contributed by atoms with E-state index in [2.05, 4.69) is 12.2 Å². The normalized spacial score (nSPS) is 19.6.